The Bertz CT molecular complexity index is 90.5. The van der Waals surface area contributed by atoms with E-state index in [4.69, 9.17) is 5.73 Å². The average Bonchev–Trinajstić information content (AvgIpc) is 1.86. The van der Waals surface area contributed by atoms with Gasteiger partial charge in [0.15, 0.2) is 0 Å². The second-order valence-corrected chi connectivity index (χ2v) is 4.60. The maximum Gasteiger partial charge on any atom is 0.0254 e. The second-order valence-electron chi connectivity index (χ2n) is 2.85. The van der Waals surface area contributed by atoms with Crippen molar-refractivity contribution in [1.82, 2.24) is 0 Å². The summed E-state index contributed by atoms with van der Waals surface area (Å²) >= 11 is 1.98. The summed E-state index contributed by atoms with van der Waals surface area (Å²) in [6.45, 7) is 4.44. The molecule has 0 radical (unpaired) electrons. The average molecular weight is 131 g/mol. The number of nitrogens with two attached hydrogens (primary N) is 1. The van der Waals surface area contributed by atoms with E-state index in [9.17, 15) is 0 Å². The Morgan fingerprint density at radius 3 is 2.38 bits per heavy atom. The number of hydrogen-bond donors (Lipinski definition) is 1. The minimum Gasteiger partial charge on any atom is -0.326 e. The van der Waals surface area contributed by atoms with Crippen molar-refractivity contribution in [2.45, 2.75) is 31.1 Å². The zero-order valence-electron chi connectivity index (χ0n) is 5.48. The summed E-state index contributed by atoms with van der Waals surface area (Å²) in [6.07, 6.45) is 1.19. The van der Waals surface area contributed by atoms with Crippen LogP contribution in [0.25, 0.3) is 0 Å². The summed E-state index contributed by atoms with van der Waals surface area (Å²) in [4.78, 5) is 0. The standard InChI is InChI=1S/C6H13NS/c1-6(2)5(7)3-4-8-6/h5H,3-4,7H2,1-2H3/t5-/m1/s1. The molecule has 0 saturated carbocycles. The summed E-state index contributed by atoms with van der Waals surface area (Å²) in [6, 6.07) is 0.424. The van der Waals surface area contributed by atoms with E-state index in [1.807, 2.05) is 11.8 Å². The molecular formula is C6H13NS. The van der Waals surface area contributed by atoms with Gasteiger partial charge in [-0.05, 0) is 26.0 Å². The minimum absolute atomic E-state index is 0.347. The van der Waals surface area contributed by atoms with Gasteiger partial charge in [0.25, 0.3) is 0 Å². The third kappa shape index (κ3) is 1.00. The molecule has 48 valence electrons. The van der Waals surface area contributed by atoms with Crippen LogP contribution in [0.1, 0.15) is 20.3 Å². The second kappa shape index (κ2) is 1.92. The van der Waals surface area contributed by atoms with Gasteiger partial charge in [0.2, 0.25) is 0 Å². The Hall–Kier alpha value is 0.310. The molecule has 0 aromatic heterocycles. The van der Waals surface area contributed by atoms with Crippen LogP contribution in [0, 0.1) is 0 Å². The van der Waals surface area contributed by atoms with Crippen molar-refractivity contribution < 1.29 is 0 Å². The van der Waals surface area contributed by atoms with E-state index in [1.165, 1.54) is 12.2 Å². The molecule has 1 fully saturated rings. The van der Waals surface area contributed by atoms with Crippen molar-refractivity contribution in [3.8, 4) is 0 Å². The smallest absolute Gasteiger partial charge is 0.0254 e. The molecule has 1 aliphatic rings. The van der Waals surface area contributed by atoms with Crippen LogP contribution < -0.4 is 5.73 Å². The van der Waals surface area contributed by atoms with E-state index in [0.717, 1.165) is 0 Å². The van der Waals surface area contributed by atoms with Gasteiger partial charge in [0, 0.05) is 10.8 Å². The zero-order chi connectivity index (χ0) is 6.20. The van der Waals surface area contributed by atoms with Gasteiger partial charge < -0.3 is 5.73 Å². The SMILES string of the molecule is CC1(C)SCC[C@H]1N. The van der Waals surface area contributed by atoms with Crippen molar-refractivity contribution in [2.24, 2.45) is 5.73 Å². The molecular weight excluding hydrogens is 118 g/mol. The molecule has 1 aliphatic heterocycles. The van der Waals surface area contributed by atoms with Crippen LogP contribution in [0.15, 0.2) is 0 Å². The van der Waals surface area contributed by atoms with Gasteiger partial charge in [0.1, 0.15) is 0 Å². The first-order chi connectivity index (χ1) is 3.63. The molecule has 1 heterocycles. The van der Waals surface area contributed by atoms with Crippen LogP contribution in [0.2, 0.25) is 0 Å². The first kappa shape index (κ1) is 6.43. The van der Waals surface area contributed by atoms with Gasteiger partial charge in [-0.15, -0.1) is 0 Å². The number of thioether (sulfide) groups is 1. The molecule has 1 rings (SSSR count). The third-order valence-corrected chi connectivity index (χ3v) is 3.28. The first-order valence-electron chi connectivity index (χ1n) is 3.02. The topological polar surface area (TPSA) is 26.0 Å². The highest BCUT2D eigenvalue weighted by molar-refractivity contribution is 8.00. The molecule has 8 heavy (non-hydrogen) atoms. The Labute approximate surface area is 55.0 Å². The largest absolute Gasteiger partial charge is 0.326 e. The van der Waals surface area contributed by atoms with Crippen molar-refractivity contribution in [1.29, 1.82) is 0 Å². The minimum atomic E-state index is 0.347. The van der Waals surface area contributed by atoms with Crippen LogP contribution in [-0.2, 0) is 0 Å². The zero-order valence-corrected chi connectivity index (χ0v) is 6.29. The molecule has 0 spiro atoms. The van der Waals surface area contributed by atoms with Crippen molar-refractivity contribution in [2.75, 3.05) is 5.75 Å². The third-order valence-electron chi connectivity index (χ3n) is 1.80. The highest BCUT2D eigenvalue weighted by Gasteiger charge is 2.31. The molecule has 2 heteroatoms. The molecule has 1 saturated heterocycles. The monoisotopic (exact) mass is 131 g/mol. The van der Waals surface area contributed by atoms with E-state index in [1.54, 1.807) is 0 Å². The number of hydrogen-bond acceptors (Lipinski definition) is 2. The van der Waals surface area contributed by atoms with Crippen molar-refractivity contribution >= 4 is 11.8 Å². The molecule has 2 N–H and O–H groups in total. The quantitative estimate of drug-likeness (QED) is 0.535. The van der Waals surface area contributed by atoms with E-state index >= 15 is 0 Å². The maximum atomic E-state index is 5.79. The molecule has 1 nitrogen and oxygen atoms in total. The molecule has 0 amide bonds. The molecule has 0 aliphatic carbocycles. The van der Waals surface area contributed by atoms with Gasteiger partial charge in [-0.25, -0.2) is 0 Å². The molecule has 0 aromatic rings. The van der Waals surface area contributed by atoms with Crippen LogP contribution in [0.5, 0.6) is 0 Å². The fourth-order valence-electron chi connectivity index (χ4n) is 0.904. The van der Waals surface area contributed by atoms with Crippen molar-refractivity contribution in [3.63, 3.8) is 0 Å². The lowest BCUT2D eigenvalue weighted by Crippen LogP contribution is -2.35. The lowest BCUT2D eigenvalue weighted by Gasteiger charge is -2.21. The van der Waals surface area contributed by atoms with Crippen LogP contribution >= 0.6 is 11.8 Å². The maximum absolute atomic E-state index is 5.79. The van der Waals surface area contributed by atoms with Crippen LogP contribution in [0.4, 0.5) is 0 Å². The Morgan fingerprint density at radius 1 is 1.62 bits per heavy atom. The summed E-state index contributed by atoms with van der Waals surface area (Å²) in [7, 11) is 0. The van der Waals surface area contributed by atoms with Crippen LogP contribution in [-0.4, -0.2) is 16.5 Å². The fourth-order valence-corrected chi connectivity index (χ4v) is 2.13. The Kier molecular flexibility index (Phi) is 1.54. The predicted molar refractivity (Wildman–Crippen MR) is 39.1 cm³/mol. The van der Waals surface area contributed by atoms with Gasteiger partial charge in [-0.1, -0.05) is 0 Å². The highest BCUT2D eigenvalue weighted by atomic mass is 32.2. The van der Waals surface area contributed by atoms with Gasteiger partial charge >= 0.3 is 0 Å². The van der Waals surface area contributed by atoms with E-state index in [2.05, 4.69) is 13.8 Å². The molecule has 0 unspecified atom stereocenters. The molecule has 1 atom stereocenters. The summed E-state index contributed by atoms with van der Waals surface area (Å²) in [5.74, 6) is 1.24. The Balaban J connectivity index is 2.54. The van der Waals surface area contributed by atoms with Gasteiger partial charge in [0.05, 0.1) is 0 Å². The molecule has 0 bridgehead atoms. The van der Waals surface area contributed by atoms with Crippen LogP contribution in [0.3, 0.4) is 0 Å². The fraction of sp³-hybridized carbons (Fsp3) is 1.00. The lowest BCUT2D eigenvalue weighted by molar-refractivity contribution is 0.554. The molecule has 0 aromatic carbocycles. The summed E-state index contributed by atoms with van der Waals surface area (Å²) < 4.78 is 0.347. The van der Waals surface area contributed by atoms with E-state index in [-0.39, 0.29) is 0 Å². The number of rotatable bonds is 0. The highest BCUT2D eigenvalue weighted by Crippen LogP contribution is 2.35. The predicted octanol–water partition coefficient (Wildman–Crippen LogP) is 1.23. The lowest BCUT2D eigenvalue weighted by atomic mass is 10.0. The Morgan fingerprint density at radius 2 is 2.25 bits per heavy atom. The van der Waals surface area contributed by atoms with E-state index < -0.39 is 0 Å². The van der Waals surface area contributed by atoms with Gasteiger partial charge in [-0.2, -0.15) is 11.8 Å². The van der Waals surface area contributed by atoms with Crippen molar-refractivity contribution in [3.05, 3.63) is 0 Å². The van der Waals surface area contributed by atoms with E-state index in [0.29, 0.717) is 10.8 Å². The normalized spacial score (nSPS) is 35.6. The summed E-state index contributed by atoms with van der Waals surface area (Å²) in [5.41, 5.74) is 5.79. The first-order valence-corrected chi connectivity index (χ1v) is 4.01. The summed E-state index contributed by atoms with van der Waals surface area (Å²) in [5, 5.41) is 0. The van der Waals surface area contributed by atoms with Gasteiger partial charge in [-0.3, -0.25) is 0 Å².